The van der Waals surface area contributed by atoms with Crippen LogP contribution >= 0.6 is 0 Å². The standard InChI is InChI=1S/C20H21N5O/c1-14(2)16-3-5-17(6-4-16)25-19-13-22-18(12-23-19)20(26)24-11-15-7-9-21-10-8-15/h3-10,12-14H,11H2,1-2H3,(H,23,25)(H,24,26). The summed E-state index contributed by atoms with van der Waals surface area (Å²) in [5.41, 5.74) is 3.46. The third-order valence-electron chi connectivity index (χ3n) is 3.94. The zero-order valence-corrected chi connectivity index (χ0v) is 14.8. The Morgan fingerprint density at radius 3 is 2.35 bits per heavy atom. The molecule has 0 saturated carbocycles. The molecule has 26 heavy (non-hydrogen) atoms. The van der Waals surface area contributed by atoms with Crippen LogP contribution in [0.4, 0.5) is 11.5 Å². The van der Waals surface area contributed by atoms with Gasteiger partial charge in [0.15, 0.2) is 0 Å². The van der Waals surface area contributed by atoms with Crippen molar-refractivity contribution in [1.29, 1.82) is 0 Å². The highest BCUT2D eigenvalue weighted by Gasteiger charge is 2.08. The molecule has 0 aliphatic heterocycles. The molecule has 0 bridgehead atoms. The van der Waals surface area contributed by atoms with Crippen molar-refractivity contribution in [2.45, 2.75) is 26.3 Å². The Bertz CT molecular complexity index is 846. The molecule has 2 aromatic heterocycles. The van der Waals surface area contributed by atoms with E-state index in [2.05, 4.69) is 51.6 Å². The highest BCUT2D eigenvalue weighted by Crippen LogP contribution is 2.19. The first-order chi connectivity index (χ1) is 12.6. The lowest BCUT2D eigenvalue weighted by Gasteiger charge is -2.09. The van der Waals surface area contributed by atoms with Crippen LogP contribution in [0.25, 0.3) is 0 Å². The highest BCUT2D eigenvalue weighted by molar-refractivity contribution is 5.92. The Kier molecular flexibility index (Phi) is 5.53. The molecule has 132 valence electrons. The fourth-order valence-corrected chi connectivity index (χ4v) is 2.38. The van der Waals surface area contributed by atoms with Crippen LogP contribution < -0.4 is 10.6 Å². The average molecular weight is 347 g/mol. The van der Waals surface area contributed by atoms with Crippen molar-refractivity contribution in [2.24, 2.45) is 0 Å². The molecular formula is C20H21N5O. The number of hydrogen-bond acceptors (Lipinski definition) is 5. The van der Waals surface area contributed by atoms with Crippen molar-refractivity contribution < 1.29 is 4.79 Å². The number of hydrogen-bond donors (Lipinski definition) is 2. The highest BCUT2D eigenvalue weighted by atomic mass is 16.1. The summed E-state index contributed by atoms with van der Waals surface area (Å²) in [6.45, 7) is 4.74. The molecule has 1 amide bonds. The minimum Gasteiger partial charge on any atom is -0.347 e. The third-order valence-corrected chi connectivity index (χ3v) is 3.94. The molecule has 3 aromatic rings. The number of carbonyl (C=O) groups is 1. The lowest BCUT2D eigenvalue weighted by atomic mass is 10.0. The van der Waals surface area contributed by atoms with Gasteiger partial charge in [-0.15, -0.1) is 0 Å². The van der Waals surface area contributed by atoms with E-state index in [1.165, 1.54) is 11.8 Å². The average Bonchev–Trinajstić information content (AvgIpc) is 2.68. The van der Waals surface area contributed by atoms with E-state index in [1.54, 1.807) is 18.6 Å². The maximum absolute atomic E-state index is 12.1. The van der Waals surface area contributed by atoms with Crippen LogP contribution in [0.5, 0.6) is 0 Å². The second kappa shape index (κ2) is 8.20. The molecule has 3 rings (SSSR count). The van der Waals surface area contributed by atoms with Crippen LogP contribution in [0, 0.1) is 0 Å². The summed E-state index contributed by atoms with van der Waals surface area (Å²) in [6, 6.07) is 11.9. The summed E-state index contributed by atoms with van der Waals surface area (Å²) < 4.78 is 0. The van der Waals surface area contributed by atoms with Gasteiger partial charge in [0.25, 0.3) is 5.91 Å². The maximum atomic E-state index is 12.1. The summed E-state index contributed by atoms with van der Waals surface area (Å²) in [5.74, 6) is 0.823. The Morgan fingerprint density at radius 2 is 1.73 bits per heavy atom. The van der Waals surface area contributed by atoms with Gasteiger partial charge in [0.05, 0.1) is 12.4 Å². The topological polar surface area (TPSA) is 79.8 Å². The first-order valence-electron chi connectivity index (χ1n) is 8.48. The van der Waals surface area contributed by atoms with Crippen LogP contribution in [-0.2, 0) is 6.54 Å². The molecule has 1 aromatic carbocycles. The Hall–Kier alpha value is -3.28. The largest absolute Gasteiger partial charge is 0.347 e. The maximum Gasteiger partial charge on any atom is 0.271 e. The van der Waals surface area contributed by atoms with Crippen LogP contribution in [0.15, 0.2) is 61.2 Å². The second-order valence-electron chi connectivity index (χ2n) is 6.23. The van der Waals surface area contributed by atoms with Crippen molar-refractivity contribution in [1.82, 2.24) is 20.3 Å². The predicted octanol–water partition coefficient (Wildman–Crippen LogP) is 3.67. The molecule has 6 heteroatoms. The van der Waals surface area contributed by atoms with Gasteiger partial charge in [-0.1, -0.05) is 26.0 Å². The summed E-state index contributed by atoms with van der Waals surface area (Å²) >= 11 is 0. The minimum atomic E-state index is -0.262. The number of pyridine rings is 1. The van der Waals surface area contributed by atoms with Crippen molar-refractivity contribution in [3.8, 4) is 0 Å². The van der Waals surface area contributed by atoms with Gasteiger partial charge in [0.2, 0.25) is 0 Å². The van der Waals surface area contributed by atoms with E-state index in [9.17, 15) is 4.79 Å². The quantitative estimate of drug-likeness (QED) is 0.711. The summed E-state index contributed by atoms with van der Waals surface area (Å²) in [6.07, 6.45) is 6.40. The Morgan fingerprint density at radius 1 is 1.00 bits per heavy atom. The fourth-order valence-electron chi connectivity index (χ4n) is 2.38. The van der Waals surface area contributed by atoms with Crippen LogP contribution in [-0.4, -0.2) is 20.9 Å². The van der Waals surface area contributed by atoms with E-state index in [-0.39, 0.29) is 11.6 Å². The molecule has 0 aliphatic rings. The number of carbonyl (C=O) groups excluding carboxylic acids is 1. The van der Waals surface area contributed by atoms with E-state index in [0.717, 1.165) is 11.3 Å². The zero-order chi connectivity index (χ0) is 18.4. The zero-order valence-electron chi connectivity index (χ0n) is 14.8. The molecule has 0 aliphatic carbocycles. The molecule has 6 nitrogen and oxygen atoms in total. The van der Waals surface area contributed by atoms with Crippen molar-refractivity contribution in [2.75, 3.05) is 5.32 Å². The molecule has 0 saturated heterocycles. The molecule has 2 N–H and O–H groups in total. The number of benzene rings is 1. The SMILES string of the molecule is CC(C)c1ccc(Nc2cnc(C(=O)NCc3ccncc3)cn2)cc1. The fraction of sp³-hybridized carbons (Fsp3) is 0.200. The van der Waals surface area contributed by atoms with Crippen molar-refractivity contribution >= 4 is 17.4 Å². The van der Waals surface area contributed by atoms with Gasteiger partial charge in [-0.3, -0.25) is 9.78 Å². The number of nitrogens with zero attached hydrogens (tertiary/aromatic N) is 3. The van der Waals surface area contributed by atoms with E-state index >= 15 is 0 Å². The van der Waals surface area contributed by atoms with E-state index in [4.69, 9.17) is 0 Å². The number of amides is 1. The summed E-state index contributed by atoms with van der Waals surface area (Å²) in [7, 11) is 0. The van der Waals surface area contributed by atoms with Crippen molar-refractivity contribution in [3.05, 3.63) is 78.0 Å². The number of aromatic nitrogens is 3. The number of nitrogens with one attached hydrogen (secondary N) is 2. The van der Waals surface area contributed by atoms with Crippen molar-refractivity contribution in [3.63, 3.8) is 0 Å². The monoisotopic (exact) mass is 347 g/mol. The van der Waals surface area contributed by atoms with E-state index in [0.29, 0.717) is 18.3 Å². The smallest absolute Gasteiger partial charge is 0.271 e. The van der Waals surface area contributed by atoms with Gasteiger partial charge >= 0.3 is 0 Å². The first-order valence-corrected chi connectivity index (χ1v) is 8.48. The van der Waals surface area contributed by atoms with Crippen LogP contribution in [0.2, 0.25) is 0 Å². The van der Waals surface area contributed by atoms with Gasteiger partial charge in [0, 0.05) is 24.6 Å². The molecule has 0 fully saturated rings. The summed E-state index contributed by atoms with van der Waals surface area (Å²) in [4.78, 5) is 24.5. The lowest BCUT2D eigenvalue weighted by Crippen LogP contribution is -2.24. The molecule has 0 atom stereocenters. The Balaban J connectivity index is 1.58. The van der Waals surface area contributed by atoms with Crippen LogP contribution in [0.3, 0.4) is 0 Å². The summed E-state index contributed by atoms with van der Waals surface area (Å²) in [5, 5.41) is 5.99. The molecule has 2 heterocycles. The Labute approximate surface area is 152 Å². The van der Waals surface area contributed by atoms with E-state index < -0.39 is 0 Å². The number of rotatable bonds is 6. The number of anilines is 2. The van der Waals surface area contributed by atoms with Gasteiger partial charge < -0.3 is 10.6 Å². The van der Waals surface area contributed by atoms with Gasteiger partial charge in [0.1, 0.15) is 11.5 Å². The molecule has 0 unspecified atom stereocenters. The van der Waals surface area contributed by atoms with Gasteiger partial charge in [-0.25, -0.2) is 9.97 Å². The lowest BCUT2D eigenvalue weighted by molar-refractivity contribution is 0.0945. The van der Waals surface area contributed by atoms with Gasteiger partial charge in [-0.05, 0) is 41.3 Å². The predicted molar refractivity (Wildman–Crippen MR) is 101 cm³/mol. The van der Waals surface area contributed by atoms with E-state index in [1.807, 2.05) is 24.3 Å². The minimum absolute atomic E-state index is 0.262. The van der Waals surface area contributed by atoms with Gasteiger partial charge in [-0.2, -0.15) is 0 Å². The third kappa shape index (κ3) is 4.63. The molecule has 0 spiro atoms. The molecular weight excluding hydrogens is 326 g/mol. The molecule has 0 radical (unpaired) electrons. The first kappa shape index (κ1) is 17.5. The second-order valence-corrected chi connectivity index (χ2v) is 6.23. The van der Waals surface area contributed by atoms with Crippen LogP contribution in [0.1, 0.15) is 41.4 Å². The normalized spacial score (nSPS) is 10.6.